The summed E-state index contributed by atoms with van der Waals surface area (Å²) < 4.78 is 5.66. The maximum Gasteiger partial charge on any atom is 0.254 e. The molecule has 2 aromatic carbocycles. The fourth-order valence-electron chi connectivity index (χ4n) is 2.64. The smallest absolute Gasteiger partial charge is 0.254 e. The van der Waals surface area contributed by atoms with Crippen LogP contribution in [0.5, 0.6) is 0 Å². The average molecular weight is 319 g/mol. The summed E-state index contributed by atoms with van der Waals surface area (Å²) in [6.45, 7) is 4.93. The van der Waals surface area contributed by atoms with Gasteiger partial charge in [0.25, 0.3) is 5.91 Å². The molecule has 1 amide bonds. The Kier molecular flexibility index (Phi) is 4.80. The summed E-state index contributed by atoms with van der Waals surface area (Å²) in [5, 5.41) is 0. The lowest BCUT2D eigenvalue weighted by molar-refractivity contribution is 0.0717. The summed E-state index contributed by atoms with van der Waals surface area (Å²) in [6, 6.07) is 21.5. The highest BCUT2D eigenvalue weighted by atomic mass is 16.3. The molecule has 122 valence electrons. The van der Waals surface area contributed by atoms with Crippen LogP contribution in [0.2, 0.25) is 0 Å². The van der Waals surface area contributed by atoms with Gasteiger partial charge in [0, 0.05) is 12.1 Å². The lowest BCUT2D eigenvalue weighted by Crippen LogP contribution is -2.30. The van der Waals surface area contributed by atoms with Crippen molar-refractivity contribution in [3.63, 3.8) is 0 Å². The second kappa shape index (κ2) is 7.18. The molecule has 3 aromatic rings. The molecule has 0 aliphatic rings. The van der Waals surface area contributed by atoms with Crippen molar-refractivity contribution in [2.24, 2.45) is 0 Å². The van der Waals surface area contributed by atoms with E-state index in [2.05, 4.69) is 0 Å². The van der Waals surface area contributed by atoms with E-state index in [9.17, 15) is 4.79 Å². The van der Waals surface area contributed by atoms with Crippen LogP contribution in [-0.4, -0.2) is 10.8 Å². The quantitative estimate of drug-likeness (QED) is 0.680. The number of benzene rings is 2. The molecule has 3 heteroatoms. The lowest BCUT2D eigenvalue weighted by atomic mass is 10.1. The molecule has 0 aliphatic heterocycles. The molecular formula is C21H21NO2. The fraction of sp³-hybridized carbons (Fsp3) is 0.190. The van der Waals surface area contributed by atoms with Gasteiger partial charge in [-0.25, -0.2) is 0 Å². The van der Waals surface area contributed by atoms with Crippen LogP contribution in [0.1, 0.15) is 33.0 Å². The first-order chi connectivity index (χ1) is 11.6. The van der Waals surface area contributed by atoms with E-state index in [1.165, 1.54) is 0 Å². The highest BCUT2D eigenvalue weighted by Crippen LogP contribution is 2.16. The van der Waals surface area contributed by atoms with Gasteiger partial charge in [-0.05, 0) is 43.7 Å². The maximum absolute atomic E-state index is 13.0. The third-order valence-electron chi connectivity index (χ3n) is 3.94. The number of rotatable bonds is 5. The first kappa shape index (κ1) is 16.1. The molecule has 0 saturated carbocycles. The van der Waals surface area contributed by atoms with E-state index in [1.54, 1.807) is 0 Å². The first-order valence-corrected chi connectivity index (χ1v) is 8.07. The van der Waals surface area contributed by atoms with Crippen LogP contribution in [0.15, 0.2) is 71.1 Å². The molecule has 24 heavy (non-hydrogen) atoms. The summed E-state index contributed by atoms with van der Waals surface area (Å²) in [5.41, 5.74) is 2.93. The monoisotopic (exact) mass is 319 g/mol. The van der Waals surface area contributed by atoms with Gasteiger partial charge in [0.2, 0.25) is 0 Å². The predicted molar refractivity (Wildman–Crippen MR) is 94.6 cm³/mol. The molecule has 0 unspecified atom stereocenters. The van der Waals surface area contributed by atoms with Crippen LogP contribution in [0.4, 0.5) is 0 Å². The second-order valence-corrected chi connectivity index (χ2v) is 6.03. The molecule has 0 aliphatic carbocycles. The van der Waals surface area contributed by atoms with E-state index >= 15 is 0 Å². The number of furan rings is 1. The number of nitrogens with zero attached hydrogens (tertiary/aromatic N) is 1. The summed E-state index contributed by atoms with van der Waals surface area (Å²) in [4.78, 5) is 14.8. The van der Waals surface area contributed by atoms with Crippen LogP contribution in [-0.2, 0) is 13.1 Å². The Balaban J connectivity index is 1.85. The summed E-state index contributed by atoms with van der Waals surface area (Å²) in [6.07, 6.45) is 0. The average Bonchev–Trinajstić information content (AvgIpc) is 3.00. The molecule has 0 fully saturated rings. The molecule has 0 N–H and O–H groups in total. The zero-order chi connectivity index (χ0) is 16.9. The predicted octanol–water partition coefficient (Wildman–Crippen LogP) is 4.74. The van der Waals surface area contributed by atoms with Gasteiger partial charge in [-0.2, -0.15) is 0 Å². The normalized spacial score (nSPS) is 10.6. The Morgan fingerprint density at radius 1 is 0.875 bits per heavy atom. The van der Waals surface area contributed by atoms with E-state index < -0.39 is 0 Å². The van der Waals surface area contributed by atoms with Crippen LogP contribution in [0, 0.1) is 13.8 Å². The van der Waals surface area contributed by atoms with Crippen LogP contribution >= 0.6 is 0 Å². The molecular weight excluding hydrogens is 298 g/mol. The van der Waals surface area contributed by atoms with Crippen molar-refractivity contribution in [2.45, 2.75) is 26.9 Å². The topological polar surface area (TPSA) is 33.5 Å². The molecule has 0 spiro atoms. The second-order valence-electron chi connectivity index (χ2n) is 6.03. The Hall–Kier alpha value is -2.81. The minimum absolute atomic E-state index is 0.00732. The SMILES string of the molecule is Cc1ccc(C(=O)N(Cc2ccccc2)Cc2ccc(C)o2)cc1. The third kappa shape index (κ3) is 3.93. The Morgan fingerprint density at radius 3 is 2.21 bits per heavy atom. The minimum Gasteiger partial charge on any atom is -0.464 e. The van der Waals surface area contributed by atoms with E-state index in [0.717, 1.165) is 22.6 Å². The van der Waals surface area contributed by atoms with E-state index in [0.29, 0.717) is 18.7 Å². The largest absolute Gasteiger partial charge is 0.464 e. The van der Waals surface area contributed by atoms with Crippen molar-refractivity contribution in [1.82, 2.24) is 4.90 Å². The van der Waals surface area contributed by atoms with Crippen LogP contribution < -0.4 is 0 Å². The Morgan fingerprint density at radius 2 is 1.58 bits per heavy atom. The number of hydrogen-bond donors (Lipinski definition) is 0. The van der Waals surface area contributed by atoms with Gasteiger partial charge in [-0.1, -0.05) is 48.0 Å². The number of hydrogen-bond acceptors (Lipinski definition) is 2. The van der Waals surface area contributed by atoms with Gasteiger partial charge < -0.3 is 9.32 Å². The van der Waals surface area contributed by atoms with Gasteiger partial charge in [0.1, 0.15) is 11.5 Å². The van der Waals surface area contributed by atoms with Crippen LogP contribution in [0.25, 0.3) is 0 Å². The fourth-order valence-corrected chi connectivity index (χ4v) is 2.64. The molecule has 0 bridgehead atoms. The highest BCUT2D eigenvalue weighted by molar-refractivity contribution is 5.94. The molecule has 3 nitrogen and oxygen atoms in total. The molecule has 0 saturated heterocycles. The zero-order valence-electron chi connectivity index (χ0n) is 14.0. The van der Waals surface area contributed by atoms with E-state index in [1.807, 2.05) is 85.5 Å². The van der Waals surface area contributed by atoms with E-state index in [4.69, 9.17) is 4.42 Å². The van der Waals surface area contributed by atoms with Gasteiger partial charge >= 0.3 is 0 Å². The molecule has 1 aromatic heterocycles. The minimum atomic E-state index is 0.00732. The van der Waals surface area contributed by atoms with Crippen molar-refractivity contribution >= 4 is 5.91 Å². The summed E-state index contributed by atoms with van der Waals surface area (Å²) >= 11 is 0. The Bertz CT molecular complexity index is 803. The number of carbonyl (C=O) groups is 1. The van der Waals surface area contributed by atoms with Crippen molar-refractivity contribution in [1.29, 1.82) is 0 Å². The van der Waals surface area contributed by atoms with E-state index in [-0.39, 0.29) is 5.91 Å². The standard InChI is InChI=1S/C21H21NO2/c1-16-8-11-19(12-9-16)21(23)22(14-18-6-4-3-5-7-18)15-20-13-10-17(2)24-20/h3-13H,14-15H2,1-2H3. The third-order valence-corrected chi connectivity index (χ3v) is 3.94. The van der Waals surface area contributed by atoms with Crippen molar-refractivity contribution in [3.05, 3.63) is 94.9 Å². The molecule has 0 radical (unpaired) electrons. The van der Waals surface area contributed by atoms with Gasteiger partial charge in [0.15, 0.2) is 0 Å². The summed E-state index contributed by atoms with van der Waals surface area (Å²) in [5.74, 6) is 1.66. The molecule has 0 atom stereocenters. The highest BCUT2D eigenvalue weighted by Gasteiger charge is 2.18. The van der Waals surface area contributed by atoms with Crippen molar-refractivity contribution in [3.8, 4) is 0 Å². The summed E-state index contributed by atoms with van der Waals surface area (Å²) in [7, 11) is 0. The lowest BCUT2D eigenvalue weighted by Gasteiger charge is -2.22. The molecule has 1 heterocycles. The number of carbonyl (C=O) groups excluding carboxylic acids is 1. The molecule has 3 rings (SSSR count). The number of aryl methyl sites for hydroxylation is 2. The van der Waals surface area contributed by atoms with Gasteiger partial charge in [-0.15, -0.1) is 0 Å². The first-order valence-electron chi connectivity index (χ1n) is 8.07. The maximum atomic E-state index is 13.0. The van der Waals surface area contributed by atoms with Gasteiger partial charge in [-0.3, -0.25) is 4.79 Å². The van der Waals surface area contributed by atoms with Crippen molar-refractivity contribution < 1.29 is 9.21 Å². The van der Waals surface area contributed by atoms with Crippen LogP contribution in [0.3, 0.4) is 0 Å². The van der Waals surface area contributed by atoms with Gasteiger partial charge in [0.05, 0.1) is 6.54 Å². The zero-order valence-corrected chi connectivity index (χ0v) is 14.0. The Labute approximate surface area is 142 Å². The van der Waals surface area contributed by atoms with Crippen molar-refractivity contribution in [2.75, 3.05) is 0 Å². The number of amides is 1.